The minimum absolute atomic E-state index is 0.528. The van der Waals surface area contributed by atoms with Crippen LogP contribution in [0.2, 0.25) is 5.02 Å². The molecule has 0 amide bonds. The van der Waals surface area contributed by atoms with Crippen molar-refractivity contribution in [3.05, 3.63) is 59.1 Å². The van der Waals surface area contributed by atoms with Gasteiger partial charge in [-0.25, -0.2) is 0 Å². The van der Waals surface area contributed by atoms with E-state index in [4.69, 9.17) is 21.1 Å². The Kier molecular flexibility index (Phi) is 5.52. The zero-order valence-electron chi connectivity index (χ0n) is 12.1. The normalized spacial score (nSPS) is 10.6. The van der Waals surface area contributed by atoms with Crippen LogP contribution in [0.5, 0.6) is 11.5 Å². The number of methoxy groups -OCH3 is 2. The number of nitrogens with one attached hydrogen (secondary N) is 1. The van der Waals surface area contributed by atoms with Gasteiger partial charge in [0.15, 0.2) is 0 Å². The van der Waals surface area contributed by atoms with Crippen molar-refractivity contribution < 1.29 is 9.47 Å². The molecule has 0 unspecified atom stereocenters. The van der Waals surface area contributed by atoms with Crippen molar-refractivity contribution in [2.75, 3.05) is 26.1 Å². The zero-order valence-corrected chi connectivity index (χ0v) is 12.9. The lowest BCUT2D eigenvalue weighted by Gasteiger charge is -2.12. The predicted molar refractivity (Wildman–Crippen MR) is 88.5 cm³/mol. The minimum Gasteiger partial charge on any atom is -0.495 e. The largest absolute Gasteiger partial charge is 0.495 e. The first kappa shape index (κ1) is 15.3. The highest BCUT2D eigenvalue weighted by Crippen LogP contribution is 2.35. The molecule has 0 spiro atoms. The molecule has 2 aromatic rings. The third kappa shape index (κ3) is 4.17. The van der Waals surface area contributed by atoms with Gasteiger partial charge in [0, 0.05) is 18.7 Å². The Morgan fingerprint density at radius 2 is 1.76 bits per heavy atom. The van der Waals surface area contributed by atoms with E-state index < -0.39 is 0 Å². The topological polar surface area (TPSA) is 30.5 Å². The summed E-state index contributed by atoms with van der Waals surface area (Å²) in [7, 11) is 3.20. The fraction of sp³-hybridized carbons (Fsp3) is 0.176. The zero-order chi connectivity index (χ0) is 15.1. The summed E-state index contributed by atoms with van der Waals surface area (Å²) in [4.78, 5) is 0. The monoisotopic (exact) mass is 303 g/mol. The Bertz CT molecular complexity index is 612. The first-order chi connectivity index (χ1) is 10.2. The van der Waals surface area contributed by atoms with Crippen LogP contribution in [0.3, 0.4) is 0 Å². The second kappa shape index (κ2) is 7.60. The van der Waals surface area contributed by atoms with Gasteiger partial charge in [0.1, 0.15) is 11.5 Å². The third-order valence-corrected chi connectivity index (χ3v) is 3.29. The summed E-state index contributed by atoms with van der Waals surface area (Å²) in [6.07, 6.45) is 4.11. The van der Waals surface area contributed by atoms with E-state index in [-0.39, 0.29) is 0 Å². The molecule has 2 rings (SSSR count). The number of benzene rings is 2. The summed E-state index contributed by atoms with van der Waals surface area (Å²) < 4.78 is 10.5. The first-order valence-corrected chi connectivity index (χ1v) is 6.99. The molecule has 0 fully saturated rings. The maximum Gasteiger partial charge on any atom is 0.143 e. The van der Waals surface area contributed by atoms with Crippen molar-refractivity contribution in [1.82, 2.24) is 0 Å². The molecule has 110 valence electrons. The molecule has 2 aromatic carbocycles. The molecule has 0 aromatic heterocycles. The maximum atomic E-state index is 6.07. The quantitative estimate of drug-likeness (QED) is 0.853. The molecular weight excluding hydrogens is 286 g/mol. The van der Waals surface area contributed by atoms with Gasteiger partial charge < -0.3 is 14.8 Å². The van der Waals surface area contributed by atoms with Crippen LogP contribution >= 0.6 is 11.6 Å². The highest BCUT2D eigenvalue weighted by Gasteiger charge is 2.08. The summed E-state index contributed by atoms with van der Waals surface area (Å²) in [6.45, 7) is 0.677. The molecule has 1 N–H and O–H groups in total. The van der Waals surface area contributed by atoms with E-state index in [1.54, 1.807) is 20.3 Å². The van der Waals surface area contributed by atoms with Gasteiger partial charge in [-0.2, -0.15) is 0 Å². The van der Waals surface area contributed by atoms with Crippen molar-refractivity contribution in [3.63, 3.8) is 0 Å². The van der Waals surface area contributed by atoms with E-state index in [9.17, 15) is 0 Å². The van der Waals surface area contributed by atoms with Crippen LogP contribution in [0.25, 0.3) is 6.08 Å². The smallest absolute Gasteiger partial charge is 0.143 e. The third-order valence-electron chi connectivity index (χ3n) is 2.99. The highest BCUT2D eigenvalue weighted by atomic mass is 35.5. The van der Waals surface area contributed by atoms with E-state index in [0.29, 0.717) is 23.1 Å². The summed E-state index contributed by atoms with van der Waals surface area (Å²) >= 11 is 6.07. The molecule has 21 heavy (non-hydrogen) atoms. The number of hydrogen-bond donors (Lipinski definition) is 1. The number of halogens is 1. The SMILES string of the molecule is COc1cc(NCC=Cc2ccccc2)c(OC)cc1Cl. The second-order valence-corrected chi connectivity index (χ2v) is 4.79. The Balaban J connectivity index is 2.04. The molecule has 0 aliphatic carbocycles. The molecule has 0 saturated heterocycles. The number of anilines is 1. The van der Waals surface area contributed by atoms with Crippen molar-refractivity contribution in [2.24, 2.45) is 0 Å². The van der Waals surface area contributed by atoms with Crippen LogP contribution in [-0.4, -0.2) is 20.8 Å². The average Bonchev–Trinajstić information content (AvgIpc) is 2.53. The van der Waals surface area contributed by atoms with Crippen LogP contribution < -0.4 is 14.8 Å². The standard InChI is InChI=1S/C17H18ClNO2/c1-20-16-12-15(17(21-2)11-14(16)18)19-10-6-9-13-7-4-3-5-8-13/h3-9,11-12,19H,10H2,1-2H3. The van der Waals surface area contributed by atoms with Crippen LogP contribution in [0.4, 0.5) is 5.69 Å². The van der Waals surface area contributed by atoms with Crippen molar-refractivity contribution in [3.8, 4) is 11.5 Å². The van der Waals surface area contributed by atoms with E-state index in [2.05, 4.69) is 29.6 Å². The van der Waals surface area contributed by atoms with Crippen LogP contribution in [-0.2, 0) is 0 Å². The summed E-state index contributed by atoms with van der Waals surface area (Å²) in [5.74, 6) is 1.31. The minimum atomic E-state index is 0.528. The molecule has 0 atom stereocenters. The van der Waals surface area contributed by atoms with Crippen LogP contribution in [0.15, 0.2) is 48.5 Å². The maximum absolute atomic E-state index is 6.07. The Hall–Kier alpha value is -2.13. The summed E-state index contributed by atoms with van der Waals surface area (Å²) in [5, 5.41) is 3.81. The Morgan fingerprint density at radius 3 is 2.43 bits per heavy atom. The van der Waals surface area contributed by atoms with Gasteiger partial charge in [-0.1, -0.05) is 54.1 Å². The van der Waals surface area contributed by atoms with Crippen molar-refractivity contribution >= 4 is 23.4 Å². The Labute approximate surface area is 130 Å². The number of ether oxygens (including phenoxy) is 2. The summed E-state index contributed by atoms with van der Waals surface area (Å²) in [6, 6.07) is 13.7. The van der Waals surface area contributed by atoms with Gasteiger partial charge in [-0.15, -0.1) is 0 Å². The molecule has 0 saturated carbocycles. The van der Waals surface area contributed by atoms with E-state index >= 15 is 0 Å². The van der Waals surface area contributed by atoms with Gasteiger partial charge in [-0.05, 0) is 5.56 Å². The lowest BCUT2D eigenvalue weighted by molar-refractivity contribution is 0.405. The van der Waals surface area contributed by atoms with Crippen molar-refractivity contribution in [1.29, 1.82) is 0 Å². The van der Waals surface area contributed by atoms with E-state index in [1.807, 2.05) is 24.3 Å². The molecule has 0 aliphatic heterocycles. The molecule has 0 heterocycles. The molecule has 0 radical (unpaired) electrons. The van der Waals surface area contributed by atoms with Crippen LogP contribution in [0.1, 0.15) is 5.56 Å². The van der Waals surface area contributed by atoms with Gasteiger partial charge in [0.25, 0.3) is 0 Å². The average molecular weight is 304 g/mol. The molecule has 4 heteroatoms. The lowest BCUT2D eigenvalue weighted by Crippen LogP contribution is -2.01. The van der Waals surface area contributed by atoms with Gasteiger partial charge in [0.05, 0.1) is 24.9 Å². The first-order valence-electron chi connectivity index (χ1n) is 6.61. The predicted octanol–water partition coefficient (Wildman–Crippen LogP) is 4.48. The second-order valence-electron chi connectivity index (χ2n) is 4.38. The van der Waals surface area contributed by atoms with Gasteiger partial charge in [-0.3, -0.25) is 0 Å². The molecular formula is C17H18ClNO2. The molecule has 3 nitrogen and oxygen atoms in total. The van der Waals surface area contributed by atoms with E-state index in [1.165, 1.54) is 5.56 Å². The van der Waals surface area contributed by atoms with Crippen LogP contribution in [0, 0.1) is 0 Å². The summed E-state index contributed by atoms with van der Waals surface area (Å²) in [5.41, 5.74) is 2.01. The fourth-order valence-corrected chi connectivity index (χ4v) is 2.16. The highest BCUT2D eigenvalue weighted by molar-refractivity contribution is 6.32. The lowest BCUT2D eigenvalue weighted by atomic mass is 10.2. The Morgan fingerprint density at radius 1 is 1.05 bits per heavy atom. The van der Waals surface area contributed by atoms with Crippen molar-refractivity contribution in [2.45, 2.75) is 0 Å². The molecule has 0 aliphatic rings. The van der Waals surface area contributed by atoms with E-state index in [0.717, 1.165) is 5.69 Å². The van der Waals surface area contributed by atoms with Gasteiger partial charge >= 0.3 is 0 Å². The molecule has 0 bridgehead atoms. The fourth-order valence-electron chi connectivity index (χ4n) is 1.93. The van der Waals surface area contributed by atoms with Gasteiger partial charge in [0.2, 0.25) is 0 Å². The number of rotatable bonds is 6. The number of hydrogen-bond acceptors (Lipinski definition) is 3.